The third-order valence-electron chi connectivity index (χ3n) is 3.93. The zero-order valence-electron chi connectivity index (χ0n) is 13.6. The van der Waals surface area contributed by atoms with Crippen LogP contribution in [0.25, 0.3) is 0 Å². The number of amides is 1. The van der Waals surface area contributed by atoms with Crippen molar-refractivity contribution in [2.45, 2.75) is 57.1 Å². The van der Waals surface area contributed by atoms with Gasteiger partial charge in [0.05, 0.1) is 12.9 Å². The van der Waals surface area contributed by atoms with E-state index in [-0.39, 0.29) is 11.4 Å². The Bertz CT molecular complexity index is 633. The standard InChI is InChI=1S/C16H23N3O5/c1-2-3-4-5-6-7-10-12(15(17)23)18-9-19(10)16-14(22)13(21)11(8-20)24-16/h9,11,13-14,16,20-22H,2-5,8H2,1H3,(H2,17,23)/t11-,13-,14-,16?/m1/s1. The third-order valence-corrected chi connectivity index (χ3v) is 3.93. The maximum atomic E-state index is 11.5. The molecule has 1 aromatic heterocycles. The van der Waals surface area contributed by atoms with Crippen LogP contribution in [0.4, 0.5) is 0 Å². The van der Waals surface area contributed by atoms with Crippen LogP contribution in [0, 0.1) is 11.8 Å². The maximum absolute atomic E-state index is 11.5. The van der Waals surface area contributed by atoms with E-state index in [4.69, 9.17) is 10.5 Å². The van der Waals surface area contributed by atoms with Gasteiger partial charge >= 0.3 is 0 Å². The molecule has 1 amide bonds. The van der Waals surface area contributed by atoms with Crippen LogP contribution in [0.15, 0.2) is 6.33 Å². The number of ether oxygens (including phenoxy) is 1. The topological polar surface area (TPSA) is 131 Å². The molecular weight excluding hydrogens is 314 g/mol. The highest BCUT2D eigenvalue weighted by atomic mass is 16.6. The van der Waals surface area contributed by atoms with Crippen LogP contribution in [-0.2, 0) is 4.74 Å². The number of carbonyl (C=O) groups excluding carboxylic acids is 1. The van der Waals surface area contributed by atoms with Crippen molar-refractivity contribution in [1.82, 2.24) is 9.55 Å². The van der Waals surface area contributed by atoms with Crippen LogP contribution in [0.5, 0.6) is 0 Å². The number of hydrogen-bond acceptors (Lipinski definition) is 6. The molecule has 24 heavy (non-hydrogen) atoms. The first-order valence-electron chi connectivity index (χ1n) is 7.99. The maximum Gasteiger partial charge on any atom is 0.270 e. The lowest BCUT2D eigenvalue weighted by atomic mass is 10.1. The summed E-state index contributed by atoms with van der Waals surface area (Å²) in [5.74, 6) is 5.09. The van der Waals surface area contributed by atoms with E-state index in [0.717, 1.165) is 19.3 Å². The van der Waals surface area contributed by atoms with E-state index in [9.17, 15) is 20.1 Å². The number of nitrogens with two attached hydrogens (primary N) is 1. The molecule has 1 aliphatic heterocycles. The van der Waals surface area contributed by atoms with Crippen LogP contribution in [0.1, 0.15) is 55.0 Å². The molecule has 0 saturated carbocycles. The van der Waals surface area contributed by atoms with Gasteiger partial charge in [-0.3, -0.25) is 9.36 Å². The van der Waals surface area contributed by atoms with Gasteiger partial charge in [-0.2, -0.15) is 0 Å². The summed E-state index contributed by atoms with van der Waals surface area (Å²) in [4.78, 5) is 15.5. The second kappa shape index (κ2) is 8.26. The van der Waals surface area contributed by atoms with Gasteiger partial charge in [0.1, 0.15) is 24.0 Å². The number of hydrogen-bond donors (Lipinski definition) is 4. The number of imidazole rings is 1. The van der Waals surface area contributed by atoms with Gasteiger partial charge in [0.2, 0.25) is 0 Å². The van der Waals surface area contributed by atoms with Gasteiger partial charge in [-0.25, -0.2) is 4.98 Å². The number of aliphatic hydroxyl groups excluding tert-OH is 3. The third kappa shape index (κ3) is 3.76. The molecule has 2 rings (SSSR count). The molecule has 1 aliphatic rings. The van der Waals surface area contributed by atoms with Gasteiger partial charge in [-0.05, 0) is 12.3 Å². The molecule has 1 aromatic rings. The second-order valence-corrected chi connectivity index (χ2v) is 5.70. The minimum Gasteiger partial charge on any atom is -0.394 e. The fraction of sp³-hybridized carbons (Fsp3) is 0.625. The van der Waals surface area contributed by atoms with E-state index in [1.54, 1.807) is 0 Å². The summed E-state index contributed by atoms with van der Waals surface area (Å²) in [5.41, 5.74) is 5.53. The second-order valence-electron chi connectivity index (χ2n) is 5.70. The molecule has 0 spiro atoms. The Labute approximate surface area is 140 Å². The summed E-state index contributed by atoms with van der Waals surface area (Å²) in [6, 6.07) is 0. The Morgan fingerprint density at radius 1 is 1.42 bits per heavy atom. The van der Waals surface area contributed by atoms with Crippen molar-refractivity contribution in [2.75, 3.05) is 6.61 Å². The molecule has 2 heterocycles. The molecule has 4 atom stereocenters. The van der Waals surface area contributed by atoms with Gasteiger partial charge in [0.15, 0.2) is 11.9 Å². The van der Waals surface area contributed by atoms with Crippen LogP contribution < -0.4 is 5.73 Å². The normalized spacial score (nSPS) is 26.2. The van der Waals surface area contributed by atoms with Crippen molar-refractivity contribution in [2.24, 2.45) is 5.73 Å². The average molecular weight is 337 g/mol. The smallest absolute Gasteiger partial charge is 0.270 e. The predicted octanol–water partition coefficient (Wildman–Crippen LogP) is -0.475. The number of primary amides is 1. The predicted molar refractivity (Wildman–Crippen MR) is 84.8 cm³/mol. The van der Waals surface area contributed by atoms with E-state index in [0.29, 0.717) is 6.42 Å². The first-order valence-corrected chi connectivity index (χ1v) is 7.99. The number of aliphatic hydroxyl groups is 3. The molecule has 5 N–H and O–H groups in total. The van der Waals surface area contributed by atoms with E-state index in [1.165, 1.54) is 10.9 Å². The molecule has 0 radical (unpaired) electrons. The lowest BCUT2D eigenvalue weighted by molar-refractivity contribution is -0.0531. The van der Waals surface area contributed by atoms with Crippen LogP contribution in [-0.4, -0.2) is 55.7 Å². The monoisotopic (exact) mass is 337 g/mol. The lowest BCUT2D eigenvalue weighted by Gasteiger charge is -2.17. The molecule has 1 fully saturated rings. The number of nitrogens with zero attached hydrogens (tertiary/aromatic N) is 2. The van der Waals surface area contributed by atoms with Crippen molar-refractivity contribution in [3.8, 4) is 11.8 Å². The largest absolute Gasteiger partial charge is 0.394 e. The highest BCUT2D eigenvalue weighted by molar-refractivity contribution is 5.93. The molecule has 8 nitrogen and oxygen atoms in total. The zero-order chi connectivity index (χ0) is 17.7. The first-order chi connectivity index (χ1) is 11.5. The average Bonchev–Trinajstić information content (AvgIpc) is 3.09. The molecule has 0 aromatic carbocycles. The summed E-state index contributed by atoms with van der Waals surface area (Å²) in [6.07, 6.45) is 0.580. The fourth-order valence-corrected chi connectivity index (χ4v) is 2.58. The number of unbranched alkanes of at least 4 members (excludes halogenated alkanes) is 3. The Kier molecular flexibility index (Phi) is 6.34. The Morgan fingerprint density at radius 2 is 2.17 bits per heavy atom. The van der Waals surface area contributed by atoms with Gasteiger partial charge in [0.25, 0.3) is 5.91 Å². The van der Waals surface area contributed by atoms with Crippen LogP contribution >= 0.6 is 0 Å². The number of rotatable bonds is 6. The van der Waals surface area contributed by atoms with Gasteiger partial charge in [0, 0.05) is 6.42 Å². The molecular formula is C16H23N3O5. The zero-order valence-corrected chi connectivity index (χ0v) is 13.6. The van der Waals surface area contributed by atoms with Gasteiger partial charge in [-0.15, -0.1) is 0 Å². The molecule has 0 aliphatic carbocycles. The lowest BCUT2D eigenvalue weighted by Crippen LogP contribution is -2.33. The molecule has 8 heteroatoms. The molecule has 132 valence electrons. The van der Waals surface area contributed by atoms with E-state index < -0.39 is 37.1 Å². The summed E-state index contributed by atoms with van der Waals surface area (Å²) >= 11 is 0. The van der Waals surface area contributed by atoms with Gasteiger partial charge < -0.3 is 25.8 Å². The van der Waals surface area contributed by atoms with E-state index >= 15 is 0 Å². The molecule has 1 unspecified atom stereocenters. The van der Waals surface area contributed by atoms with Crippen LogP contribution in [0.3, 0.4) is 0 Å². The summed E-state index contributed by atoms with van der Waals surface area (Å²) in [6.45, 7) is 1.65. The van der Waals surface area contributed by atoms with Crippen LogP contribution in [0.2, 0.25) is 0 Å². The minimum atomic E-state index is -1.28. The van der Waals surface area contributed by atoms with E-state index in [1.807, 2.05) is 0 Å². The number of aromatic nitrogens is 2. The highest BCUT2D eigenvalue weighted by Gasteiger charge is 2.44. The SMILES string of the molecule is CCCCCC#Cc1c(C(N)=O)ncn1C1O[C@H](CO)[C@@H](O)[C@H]1O. The van der Waals surface area contributed by atoms with Gasteiger partial charge in [-0.1, -0.05) is 25.7 Å². The van der Waals surface area contributed by atoms with Crippen molar-refractivity contribution < 1.29 is 24.9 Å². The van der Waals surface area contributed by atoms with E-state index in [2.05, 4.69) is 23.7 Å². The molecule has 0 bridgehead atoms. The highest BCUT2D eigenvalue weighted by Crippen LogP contribution is 2.30. The number of carbonyl (C=O) groups is 1. The summed E-state index contributed by atoms with van der Waals surface area (Å²) in [7, 11) is 0. The Hall–Kier alpha value is -1.92. The minimum absolute atomic E-state index is 0.0178. The first kappa shape index (κ1) is 18.4. The van der Waals surface area contributed by atoms with Crippen molar-refractivity contribution in [3.63, 3.8) is 0 Å². The van der Waals surface area contributed by atoms with Crippen molar-refractivity contribution >= 4 is 5.91 Å². The molecule has 1 saturated heterocycles. The quantitative estimate of drug-likeness (QED) is 0.410. The Balaban J connectivity index is 2.28. The summed E-state index contributed by atoms with van der Waals surface area (Å²) < 4.78 is 6.82. The van der Waals surface area contributed by atoms with Crippen molar-refractivity contribution in [1.29, 1.82) is 0 Å². The Morgan fingerprint density at radius 3 is 2.75 bits per heavy atom. The van der Waals surface area contributed by atoms with Crippen molar-refractivity contribution in [3.05, 3.63) is 17.7 Å². The summed E-state index contributed by atoms with van der Waals surface area (Å²) in [5, 5.41) is 29.2. The fourth-order valence-electron chi connectivity index (χ4n) is 2.58.